The summed E-state index contributed by atoms with van der Waals surface area (Å²) in [5.74, 6) is 7.96. The second kappa shape index (κ2) is 7.92. The van der Waals surface area contributed by atoms with Crippen molar-refractivity contribution in [3.05, 3.63) is 0 Å². The zero-order chi connectivity index (χ0) is 20.1. The summed E-state index contributed by atoms with van der Waals surface area (Å²) in [6.07, 6.45) is 18.4. The molecule has 0 nitrogen and oxygen atoms in total. The number of hydrogen-bond donors (Lipinski definition) is 0. The lowest BCUT2D eigenvalue weighted by Crippen LogP contribution is -2.53. The number of fused-ring (bicyclic) bond motifs is 5. The van der Waals surface area contributed by atoms with Gasteiger partial charge in [-0.2, -0.15) is 0 Å². The molecule has 4 saturated carbocycles. The van der Waals surface area contributed by atoms with Crippen LogP contribution in [0.5, 0.6) is 0 Å². The molecule has 28 heavy (non-hydrogen) atoms. The van der Waals surface area contributed by atoms with Crippen molar-refractivity contribution in [2.24, 2.45) is 58.2 Å². The van der Waals surface area contributed by atoms with E-state index < -0.39 is 0 Å². The number of hydrogen-bond acceptors (Lipinski definition) is 0. The molecule has 4 rings (SSSR count). The minimum atomic E-state index is 0.666. The van der Waals surface area contributed by atoms with Gasteiger partial charge < -0.3 is 0 Å². The molecule has 4 aliphatic carbocycles. The van der Waals surface area contributed by atoms with Gasteiger partial charge in [0.05, 0.1) is 0 Å². The summed E-state index contributed by atoms with van der Waals surface area (Å²) in [6.45, 7) is 15.4. The van der Waals surface area contributed by atoms with Crippen molar-refractivity contribution < 1.29 is 0 Å². The van der Waals surface area contributed by atoms with Gasteiger partial charge in [0.15, 0.2) is 0 Å². The molecule has 0 aromatic carbocycles. The predicted octanol–water partition coefficient (Wildman–Crippen LogP) is 8.74. The molecule has 0 amide bonds. The van der Waals surface area contributed by atoms with Gasteiger partial charge in [-0.1, -0.05) is 67.2 Å². The smallest absolute Gasteiger partial charge is 0.0264 e. The topological polar surface area (TPSA) is 0 Å². The second-order valence-corrected chi connectivity index (χ2v) is 12.9. The van der Waals surface area contributed by atoms with E-state index in [4.69, 9.17) is 0 Å². The Balaban J connectivity index is 1.46. The van der Waals surface area contributed by atoms with Crippen molar-refractivity contribution in [2.75, 3.05) is 0 Å². The molecule has 0 bridgehead atoms. The van der Waals surface area contributed by atoms with Crippen LogP contribution in [0.2, 0.25) is 0 Å². The third kappa shape index (κ3) is 3.41. The first-order chi connectivity index (χ1) is 13.3. The van der Waals surface area contributed by atoms with Gasteiger partial charge in [-0.05, 0) is 110 Å². The molecule has 0 saturated heterocycles. The van der Waals surface area contributed by atoms with Gasteiger partial charge in [0.25, 0.3) is 0 Å². The summed E-state index contributed by atoms with van der Waals surface area (Å²) >= 11 is 0. The van der Waals surface area contributed by atoms with Crippen molar-refractivity contribution in [2.45, 2.75) is 119 Å². The van der Waals surface area contributed by atoms with Crippen LogP contribution in [0, 0.1) is 58.2 Å². The molecule has 0 spiro atoms. The van der Waals surface area contributed by atoms with Crippen molar-refractivity contribution in [1.82, 2.24) is 0 Å². The Morgan fingerprint density at radius 3 is 2.21 bits per heavy atom. The van der Waals surface area contributed by atoms with Crippen molar-refractivity contribution in [1.29, 1.82) is 0 Å². The van der Waals surface area contributed by atoms with Gasteiger partial charge in [0.2, 0.25) is 0 Å². The Morgan fingerprint density at radius 2 is 1.46 bits per heavy atom. The highest BCUT2D eigenvalue weighted by Gasteiger charge is 2.60. The predicted molar refractivity (Wildman–Crippen MR) is 122 cm³/mol. The molecule has 0 radical (unpaired) electrons. The molecule has 4 aliphatic rings. The van der Waals surface area contributed by atoms with Crippen LogP contribution in [0.15, 0.2) is 0 Å². The summed E-state index contributed by atoms with van der Waals surface area (Å²) < 4.78 is 0. The van der Waals surface area contributed by atoms with Crippen LogP contribution in [0.25, 0.3) is 0 Å². The van der Waals surface area contributed by atoms with Gasteiger partial charge in [-0.25, -0.2) is 0 Å². The zero-order valence-corrected chi connectivity index (χ0v) is 20.1. The summed E-state index contributed by atoms with van der Waals surface area (Å²) in [5.41, 5.74) is 1.37. The lowest BCUT2D eigenvalue weighted by Gasteiger charge is -2.61. The summed E-state index contributed by atoms with van der Waals surface area (Å²) in [7, 11) is 0. The first kappa shape index (κ1) is 21.2. The average Bonchev–Trinajstić information content (AvgIpc) is 3.02. The molecule has 9 atom stereocenters. The highest BCUT2D eigenvalue weighted by Crippen LogP contribution is 2.68. The minimum absolute atomic E-state index is 0.666. The van der Waals surface area contributed by atoms with E-state index >= 15 is 0 Å². The minimum Gasteiger partial charge on any atom is -0.0625 e. The fraction of sp³-hybridized carbons (Fsp3) is 1.00. The van der Waals surface area contributed by atoms with Gasteiger partial charge >= 0.3 is 0 Å². The van der Waals surface area contributed by atoms with Crippen LogP contribution in [0.4, 0.5) is 0 Å². The lowest BCUT2D eigenvalue weighted by atomic mass is 9.44. The molecule has 2 unspecified atom stereocenters. The Morgan fingerprint density at radius 1 is 0.714 bits per heavy atom. The maximum Gasteiger partial charge on any atom is -0.0264 e. The molecule has 0 aromatic heterocycles. The van der Waals surface area contributed by atoms with Crippen molar-refractivity contribution >= 4 is 0 Å². The van der Waals surface area contributed by atoms with Crippen molar-refractivity contribution in [3.8, 4) is 0 Å². The van der Waals surface area contributed by atoms with E-state index in [0.717, 1.165) is 47.3 Å². The first-order valence-corrected chi connectivity index (χ1v) is 13.3. The van der Waals surface area contributed by atoms with Crippen molar-refractivity contribution in [3.63, 3.8) is 0 Å². The maximum atomic E-state index is 2.75. The van der Waals surface area contributed by atoms with E-state index in [9.17, 15) is 0 Å². The number of rotatable bonds is 5. The first-order valence-electron chi connectivity index (χ1n) is 13.3. The monoisotopic (exact) mass is 386 g/mol. The molecule has 0 heterocycles. The molecule has 0 aromatic rings. The molecular formula is C28H50. The SMILES string of the molecule is CC(C)C(C)CC[C@@H](C)[C@@H]1CC[C@H]2[C@@H]3CCC4CCCC[C@]4(C)[C@H]3CC[C@@]21C. The Kier molecular flexibility index (Phi) is 6.01. The maximum absolute atomic E-state index is 2.75. The van der Waals surface area contributed by atoms with Crippen LogP contribution in [0.1, 0.15) is 119 Å². The highest BCUT2D eigenvalue weighted by atomic mass is 14.6. The fourth-order valence-corrected chi connectivity index (χ4v) is 9.33. The van der Waals surface area contributed by atoms with Crippen LogP contribution < -0.4 is 0 Å². The molecular weight excluding hydrogens is 336 g/mol. The standard InChI is InChI=1S/C28H50/c1-19(2)20(3)10-11-21(4)24-14-15-25-23-13-12-22-9-7-8-17-27(22,5)26(23)16-18-28(24,25)6/h19-26H,7-18H2,1-6H3/t20?,21-,22?,23+,24+,25+,26+,27+,28-/m1/s1. The van der Waals surface area contributed by atoms with Gasteiger partial charge in [0.1, 0.15) is 0 Å². The quantitative estimate of drug-likeness (QED) is 0.443. The van der Waals surface area contributed by atoms with Crippen LogP contribution >= 0.6 is 0 Å². The van der Waals surface area contributed by atoms with E-state index in [2.05, 4.69) is 41.5 Å². The normalized spacial score (nSPS) is 47.9. The van der Waals surface area contributed by atoms with E-state index in [1.807, 2.05) is 0 Å². The fourth-order valence-electron chi connectivity index (χ4n) is 9.33. The van der Waals surface area contributed by atoms with Gasteiger partial charge in [-0.3, -0.25) is 0 Å². The summed E-state index contributed by atoms with van der Waals surface area (Å²) in [6, 6.07) is 0. The lowest BCUT2D eigenvalue weighted by molar-refractivity contribution is -0.114. The van der Waals surface area contributed by atoms with Gasteiger partial charge in [0, 0.05) is 0 Å². The highest BCUT2D eigenvalue weighted by molar-refractivity contribution is 5.09. The van der Waals surface area contributed by atoms with E-state index in [1.165, 1.54) is 25.7 Å². The molecule has 0 heteroatoms. The molecule has 4 fully saturated rings. The van der Waals surface area contributed by atoms with E-state index in [0.29, 0.717) is 10.8 Å². The Bertz CT molecular complexity index is 534. The second-order valence-electron chi connectivity index (χ2n) is 12.9. The molecule has 0 aliphatic heterocycles. The third-order valence-corrected chi connectivity index (χ3v) is 11.6. The Labute approximate surface area is 177 Å². The third-order valence-electron chi connectivity index (χ3n) is 11.6. The zero-order valence-electron chi connectivity index (χ0n) is 20.1. The largest absolute Gasteiger partial charge is 0.0625 e. The summed E-state index contributed by atoms with van der Waals surface area (Å²) in [5, 5.41) is 0. The van der Waals surface area contributed by atoms with Crippen LogP contribution in [-0.4, -0.2) is 0 Å². The van der Waals surface area contributed by atoms with E-state index in [-0.39, 0.29) is 0 Å². The van der Waals surface area contributed by atoms with E-state index in [1.54, 1.807) is 51.4 Å². The van der Waals surface area contributed by atoms with Crippen LogP contribution in [0.3, 0.4) is 0 Å². The van der Waals surface area contributed by atoms with Gasteiger partial charge in [-0.15, -0.1) is 0 Å². The molecule has 0 N–H and O–H groups in total. The summed E-state index contributed by atoms with van der Waals surface area (Å²) in [4.78, 5) is 0. The van der Waals surface area contributed by atoms with Crippen LogP contribution in [-0.2, 0) is 0 Å². The Hall–Kier alpha value is 0. The average molecular weight is 387 g/mol. The molecule has 162 valence electrons.